The molecule has 10 heteroatoms. The largest absolute Gasteiger partial charge is 0.466 e. The van der Waals surface area contributed by atoms with Crippen LogP contribution < -0.4 is 0 Å². The van der Waals surface area contributed by atoms with Gasteiger partial charge in [-0.15, -0.1) is 0 Å². The van der Waals surface area contributed by atoms with Gasteiger partial charge in [0.1, 0.15) is 0 Å². The number of benzene rings is 2. The second kappa shape index (κ2) is 24.0. The molecule has 0 N–H and O–H groups in total. The number of esters is 4. The van der Waals surface area contributed by atoms with E-state index < -0.39 is 17.9 Å². The van der Waals surface area contributed by atoms with Gasteiger partial charge in [0.25, 0.3) is 0 Å². The molecule has 10 nitrogen and oxygen atoms in total. The van der Waals surface area contributed by atoms with Crippen molar-refractivity contribution in [3.63, 3.8) is 0 Å². The quantitative estimate of drug-likeness (QED) is 0.0932. The molecule has 2 aromatic carbocycles. The summed E-state index contributed by atoms with van der Waals surface area (Å²) < 4.78 is 18.4. The number of ether oxygens (including phenoxy) is 4. The predicted octanol–water partition coefficient (Wildman–Crippen LogP) is 5.20. The molecule has 3 rings (SSSR count). The third kappa shape index (κ3) is 18.5. The number of carbonyl (C=O) groups excluding carboxylic acids is 4. The standard InChI is InChI=1S/C12H14O2.C8H12O4.C8H8.C4H6N2O2/c1-2-14-12(13)11-8-10(11)9-6-4-3-5-7-9;1-3-11-7(9)5-6-8(10)12-4-2;1-2-8-6-4-3-5-7-8;1-2-8-4(7)3-6-5/h3-7,10-11H,2,8H2,1H3;5-6H,3-4H2,1-2H3;2-7H,1H2;3H,2H2,1H3. The Hall–Kier alpha value is -4.82. The van der Waals surface area contributed by atoms with Gasteiger partial charge < -0.3 is 24.5 Å². The van der Waals surface area contributed by atoms with Gasteiger partial charge in [-0.1, -0.05) is 73.3 Å². The Morgan fingerprint density at radius 2 is 1.21 bits per heavy atom. The smallest absolute Gasteiger partial charge is 0.413 e. The minimum atomic E-state index is -0.630. The fraction of sp³-hybridized carbons (Fsp3) is 0.344. The lowest BCUT2D eigenvalue weighted by molar-refractivity contribution is -0.145. The van der Waals surface area contributed by atoms with Crippen LogP contribution in [-0.2, 0) is 38.1 Å². The lowest BCUT2D eigenvalue weighted by Gasteiger charge is -2.00. The molecule has 0 spiro atoms. The minimum absolute atomic E-state index is 0.0404. The molecule has 2 atom stereocenters. The number of nitrogens with zero attached hydrogens (tertiary/aromatic N) is 2. The van der Waals surface area contributed by atoms with E-state index >= 15 is 0 Å². The second-order valence-electron chi connectivity index (χ2n) is 8.06. The van der Waals surface area contributed by atoms with Crippen molar-refractivity contribution in [1.82, 2.24) is 0 Å². The summed E-state index contributed by atoms with van der Waals surface area (Å²) in [6, 6.07) is 20.2. The Morgan fingerprint density at radius 1 is 0.762 bits per heavy atom. The molecule has 1 saturated carbocycles. The van der Waals surface area contributed by atoms with Gasteiger partial charge in [-0.05, 0) is 51.2 Å². The van der Waals surface area contributed by atoms with Crippen LogP contribution in [0.25, 0.3) is 11.6 Å². The maximum absolute atomic E-state index is 11.4. The zero-order valence-corrected chi connectivity index (χ0v) is 24.6. The average molecular weight is 581 g/mol. The Kier molecular flexibility index (Phi) is 21.3. The van der Waals surface area contributed by atoms with Crippen molar-refractivity contribution >= 4 is 36.2 Å². The average Bonchev–Trinajstić information content (AvgIpc) is 3.80. The molecule has 0 saturated heterocycles. The van der Waals surface area contributed by atoms with Crippen LogP contribution in [0, 0.1) is 5.92 Å². The lowest BCUT2D eigenvalue weighted by Crippen LogP contribution is -2.07. The van der Waals surface area contributed by atoms with Gasteiger partial charge >= 0.3 is 30.1 Å². The number of hydrogen-bond acceptors (Lipinski definition) is 8. The van der Waals surface area contributed by atoms with Crippen LogP contribution in [0.1, 0.15) is 51.2 Å². The zero-order valence-electron chi connectivity index (χ0n) is 24.6. The fourth-order valence-electron chi connectivity index (χ4n) is 3.11. The lowest BCUT2D eigenvalue weighted by atomic mass is 10.1. The first-order valence-electron chi connectivity index (χ1n) is 13.5. The minimum Gasteiger partial charge on any atom is -0.466 e. The second-order valence-corrected chi connectivity index (χ2v) is 8.06. The molecule has 1 aliphatic carbocycles. The molecule has 2 unspecified atom stereocenters. The topological polar surface area (TPSA) is 142 Å². The first-order valence-corrected chi connectivity index (χ1v) is 13.5. The summed E-state index contributed by atoms with van der Waals surface area (Å²) in [5, 5.41) is 0. The maximum Gasteiger partial charge on any atom is 0.413 e. The number of carbonyl (C=O) groups is 4. The molecular formula is C32H40N2O8. The van der Waals surface area contributed by atoms with Gasteiger partial charge in [0.15, 0.2) is 0 Å². The van der Waals surface area contributed by atoms with Crippen molar-refractivity contribution in [2.45, 2.75) is 40.0 Å². The first-order chi connectivity index (χ1) is 20.3. The van der Waals surface area contributed by atoms with Crippen molar-refractivity contribution in [2.24, 2.45) is 5.92 Å². The SMILES string of the molecule is C=Cc1ccccc1.CCOC(=O)C1CC1c1ccccc1.CCOC(=O)C=CC(=O)OCC.CCOC(=O)C=[N+]=[N-]. The Morgan fingerprint density at radius 3 is 1.62 bits per heavy atom. The number of hydrogen-bond donors (Lipinski definition) is 0. The molecule has 226 valence electrons. The van der Waals surface area contributed by atoms with Crippen LogP contribution in [0.4, 0.5) is 0 Å². The molecule has 42 heavy (non-hydrogen) atoms. The van der Waals surface area contributed by atoms with Gasteiger partial charge in [-0.25, -0.2) is 14.4 Å². The summed E-state index contributed by atoms with van der Waals surface area (Å²) in [6.07, 6.45) is 5.56. The van der Waals surface area contributed by atoms with Crippen molar-refractivity contribution < 1.29 is 42.9 Å². The van der Waals surface area contributed by atoms with Gasteiger partial charge in [0, 0.05) is 12.2 Å². The molecule has 0 aromatic heterocycles. The molecule has 0 radical (unpaired) electrons. The zero-order chi connectivity index (χ0) is 31.6. The normalized spacial score (nSPS) is 13.9. The third-order valence-corrected chi connectivity index (χ3v) is 5.02. The van der Waals surface area contributed by atoms with Crippen LogP contribution >= 0.6 is 0 Å². The Bertz CT molecular complexity index is 1140. The van der Waals surface area contributed by atoms with Crippen LogP contribution in [0.5, 0.6) is 0 Å². The highest BCUT2D eigenvalue weighted by Crippen LogP contribution is 2.47. The molecule has 1 aliphatic rings. The summed E-state index contributed by atoms with van der Waals surface area (Å²) in [5.74, 6) is -1.24. The monoisotopic (exact) mass is 580 g/mol. The van der Waals surface area contributed by atoms with Crippen molar-refractivity contribution in [3.05, 3.63) is 96.1 Å². The van der Waals surface area contributed by atoms with E-state index in [0.717, 1.165) is 18.6 Å². The van der Waals surface area contributed by atoms with E-state index in [9.17, 15) is 19.2 Å². The van der Waals surface area contributed by atoms with E-state index in [0.29, 0.717) is 38.6 Å². The van der Waals surface area contributed by atoms with Crippen LogP contribution in [0.3, 0.4) is 0 Å². The summed E-state index contributed by atoms with van der Waals surface area (Å²) in [7, 11) is 0. The molecule has 0 amide bonds. The number of rotatable bonds is 10. The van der Waals surface area contributed by atoms with E-state index in [1.807, 2.05) is 61.5 Å². The predicted molar refractivity (Wildman–Crippen MR) is 159 cm³/mol. The van der Waals surface area contributed by atoms with Crippen LogP contribution in [-0.4, -0.2) is 61.3 Å². The first kappa shape index (κ1) is 37.2. The van der Waals surface area contributed by atoms with E-state index in [2.05, 4.69) is 37.7 Å². The van der Waals surface area contributed by atoms with Crippen LogP contribution in [0.15, 0.2) is 79.4 Å². The molecule has 2 aromatic rings. The third-order valence-electron chi connectivity index (χ3n) is 5.02. The molecule has 1 fully saturated rings. The molecular weight excluding hydrogens is 540 g/mol. The van der Waals surface area contributed by atoms with E-state index in [1.165, 1.54) is 11.1 Å². The van der Waals surface area contributed by atoms with E-state index in [4.69, 9.17) is 10.3 Å². The highest BCUT2D eigenvalue weighted by Gasteiger charge is 2.44. The highest BCUT2D eigenvalue weighted by atomic mass is 16.5. The molecule has 0 aliphatic heterocycles. The van der Waals surface area contributed by atoms with Crippen LogP contribution in [0.2, 0.25) is 0 Å². The van der Waals surface area contributed by atoms with Crippen molar-refractivity contribution in [3.8, 4) is 0 Å². The maximum atomic E-state index is 11.4. The Balaban J connectivity index is 0.000000551. The van der Waals surface area contributed by atoms with E-state index in [1.54, 1.807) is 20.8 Å². The van der Waals surface area contributed by atoms with Gasteiger partial charge in [0.2, 0.25) is 0 Å². The van der Waals surface area contributed by atoms with Gasteiger partial charge in [-0.2, -0.15) is 4.79 Å². The molecule has 0 bridgehead atoms. The fourth-order valence-corrected chi connectivity index (χ4v) is 3.11. The summed E-state index contributed by atoms with van der Waals surface area (Å²) in [5.41, 5.74) is 10.2. The highest BCUT2D eigenvalue weighted by molar-refractivity contribution is 6.20. The molecule has 0 heterocycles. The summed E-state index contributed by atoms with van der Waals surface area (Å²) >= 11 is 0. The Labute approximate surface area is 247 Å². The van der Waals surface area contributed by atoms with Gasteiger partial charge in [0.05, 0.1) is 32.3 Å². The summed E-state index contributed by atoms with van der Waals surface area (Å²) in [6.45, 7) is 11.9. The van der Waals surface area contributed by atoms with Crippen molar-refractivity contribution in [2.75, 3.05) is 26.4 Å². The van der Waals surface area contributed by atoms with E-state index in [-0.39, 0.29) is 11.9 Å². The van der Waals surface area contributed by atoms with Gasteiger partial charge in [-0.3, -0.25) is 4.79 Å². The summed E-state index contributed by atoms with van der Waals surface area (Å²) in [4.78, 5) is 45.2. The van der Waals surface area contributed by atoms with Crippen molar-refractivity contribution in [1.29, 1.82) is 0 Å².